The minimum atomic E-state index is -0.0501. The summed E-state index contributed by atoms with van der Waals surface area (Å²) >= 11 is 7.86. The molecule has 0 saturated carbocycles. The van der Waals surface area contributed by atoms with E-state index in [1.54, 1.807) is 29.7 Å². The van der Waals surface area contributed by atoms with Crippen LogP contribution in [0, 0.1) is 0 Å². The number of aromatic nitrogens is 2. The van der Waals surface area contributed by atoms with Gasteiger partial charge in [-0.25, -0.2) is 9.97 Å². The van der Waals surface area contributed by atoms with E-state index in [0.717, 1.165) is 30.3 Å². The molecule has 2 atom stereocenters. The van der Waals surface area contributed by atoms with Crippen LogP contribution >= 0.6 is 22.9 Å². The van der Waals surface area contributed by atoms with Crippen LogP contribution in [0.25, 0.3) is 0 Å². The third-order valence-electron chi connectivity index (χ3n) is 5.60. The van der Waals surface area contributed by atoms with Gasteiger partial charge in [0.2, 0.25) is 0 Å². The number of carbonyl (C=O) groups excluding carboxylic acids is 1. The first-order valence-corrected chi connectivity index (χ1v) is 10.3. The van der Waals surface area contributed by atoms with Gasteiger partial charge in [-0.3, -0.25) is 4.79 Å². The maximum Gasteiger partial charge on any atom is 0.257 e. The summed E-state index contributed by atoms with van der Waals surface area (Å²) in [7, 11) is 0. The molecule has 0 aliphatic carbocycles. The number of piperazine rings is 1. The highest BCUT2D eigenvalue weighted by Crippen LogP contribution is 2.38. The number of anilines is 1. The van der Waals surface area contributed by atoms with Gasteiger partial charge in [-0.05, 0) is 25.0 Å². The van der Waals surface area contributed by atoms with Crippen LogP contribution in [0.1, 0.15) is 33.8 Å². The molecular formula is C18H20ClN5OS. The van der Waals surface area contributed by atoms with E-state index in [2.05, 4.69) is 15.2 Å². The molecule has 0 spiro atoms. The standard InChI is InChI=1S/C18H20ClN5OS/c19-16-13(2-1-6-21-16)17(25)23-7-5-14-15(10-23)26-18(22-14)24-11-3-4-12(24)9-20-8-11/h1-2,6,11-12,20H,3-5,7-10H2. The molecule has 1 N–H and O–H groups in total. The Morgan fingerprint density at radius 1 is 1.31 bits per heavy atom. The fourth-order valence-electron chi connectivity index (χ4n) is 4.27. The second-order valence-corrected chi connectivity index (χ2v) is 8.56. The van der Waals surface area contributed by atoms with Crippen molar-refractivity contribution in [2.45, 2.75) is 37.9 Å². The summed E-state index contributed by atoms with van der Waals surface area (Å²) in [5.41, 5.74) is 1.63. The number of nitrogens with one attached hydrogen (secondary N) is 1. The Morgan fingerprint density at radius 3 is 2.88 bits per heavy atom. The molecule has 2 bridgehead atoms. The minimum Gasteiger partial charge on any atom is -0.340 e. The minimum absolute atomic E-state index is 0.0501. The predicted octanol–water partition coefficient (Wildman–Crippen LogP) is 2.33. The predicted molar refractivity (Wildman–Crippen MR) is 102 cm³/mol. The first-order valence-electron chi connectivity index (χ1n) is 9.08. The van der Waals surface area contributed by atoms with E-state index in [1.165, 1.54) is 17.7 Å². The summed E-state index contributed by atoms with van der Waals surface area (Å²) in [6.45, 7) is 3.38. The van der Waals surface area contributed by atoms with E-state index in [9.17, 15) is 4.79 Å². The van der Waals surface area contributed by atoms with E-state index in [0.29, 0.717) is 30.7 Å². The zero-order chi connectivity index (χ0) is 17.7. The van der Waals surface area contributed by atoms with Crippen molar-refractivity contribution in [1.29, 1.82) is 0 Å². The molecule has 5 rings (SSSR count). The number of hydrogen-bond donors (Lipinski definition) is 1. The topological polar surface area (TPSA) is 61.4 Å². The number of amides is 1. The van der Waals surface area contributed by atoms with E-state index in [4.69, 9.17) is 16.6 Å². The molecule has 5 heterocycles. The SMILES string of the molecule is O=C(c1cccnc1Cl)N1CCc2nc(N3C4CCC3CNC4)sc2C1. The zero-order valence-electron chi connectivity index (χ0n) is 14.3. The average Bonchev–Trinajstić information content (AvgIpc) is 3.18. The summed E-state index contributed by atoms with van der Waals surface area (Å²) in [5.74, 6) is -0.0501. The van der Waals surface area contributed by atoms with Crippen LogP contribution in [0.15, 0.2) is 18.3 Å². The van der Waals surface area contributed by atoms with Crippen LogP contribution in [0.5, 0.6) is 0 Å². The van der Waals surface area contributed by atoms with Crippen molar-refractivity contribution in [2.75, 3.05) is 24.5 Å². The Kier molecular flexibility index (Phi) is 4.10. The first-order chi connectivity index (χ1) is 12.7. The zero-order valence-corrected chi connectivity index (χ0v) is 15.9. The smallest absolute Gasteiger partial charge is 0.257 e. The Hall–Kier alpha value is -1.70. The molecule has 1 amide bonds. The number of rotatable bonds is 2. The summed E-state index contributed by atoms with van der Waals surface area (Å²) < 4.78 is 0. The van der Waals surface area contributed by atoms with Crippen LogP contribution in [0.2, 0.25) is 5.15 Å². The highest BCUT2D eigenvalue weighted by atomic mass is 35.5. The quantitative estimate of drug-likeness (QED) is 0.799. The van der Waals surface area contributed by atoms with Crippen LogP contribution < -0.4 is 10.2 Å². The molecule has 2 saturated heterocycles. The maximum absolute atomic E-state index is 12.8. The van der Waals surface area contributed by atoms with Gasteiger partial charge in [-0.2, -0.15) is 0 Å². The van der Waals surface area contributed by atoms with Gasteiger partial charge in [0.25, 0.3) is 5.91 Å². The van der Waals surface area contributed by atoms with Crippen molar-refractivity contribution in [2.24, 2.45) is 0 Å². The number of pyridine rings is 1. The second-order valence-electron chi connectivity index (χ2n) is 7.14. The van der Waals surface area contributed by atoms with Crippen molar-refractivity contribution < 1.29 is 4.79 Å². The van der Waals surface area contributed by atoms with Crippen LogP contribution in [-0.2, 0) is 13.0 Å². The van der Waals surface area contributed by atoms with Crippen molar-refractivity contribution in [3.63, 3.8) is 0 Å². The Labute approximate surface area is 161 Å². The lowest BCUT2D eigenvalue weighted by Gasteiger charge is -2.35. The van der Waals surface area contributed by atoms with E-state index in [-0.39, 0.29) is 11.1 Å². The Bertz CT molecular complexity index is 840. The van der Waals surface area contributed by atoms with Crippen LogP contribution in [0.3, 0.4) is 0 Å². The highest BCUT2D eigenvalue weighted by Gasteiger charge is 2.39. The molecule has 2 unspecified atom stereocenters. The van der Waals surface area contributed by atoms with E-state index < -0.39 is 0 Å². The van der Waals surface area contributed by atoms with E-state index in [1.807, 2.05) is 4.90 Å². The molecule has 3 aliphatic heterocycles. The van der Waals surface area contributed by atoms with Crippen LogP contribution in [-0.4, -0.2) is 52.5 Å². The number of fused-ring (bicyclic) bond motifs is 3. The molecule has 8 heteroatoms. The van der Waals surface area contributed by atoms with Gasteiger partial charge in [0.15, 0.2) is 5.13 Å². The van der Waals surface area contributed by atoms with Gasteiger partial charge in [0, 0.05) is 49.2 Å². The molecule has 26 heavy (non-hydrogen) atoms. The molecule has 136 valence electrons. The largest absolute Gasteiger partial charge is 0.340 e. The van der Waals surface area contributed by atoms with E-state index >= 15 is 0 Å². The molecule has 2 aromatic heterocycles. The molecular weight excluding hydrogens is 370 g/mol. The van der Waals surface area contributed by atoms with Crippen molar-refractivity contribution in [3.8, 4) is 0 Å². The average molecular weight is 390 g/mol. The monoisotopic (exact) mass is 389 g/mol. The number of halogens is 1. The molecule has 3 aliphatic rings. The molecule has 0 radical (unpaired) electrons. The van der Waals surface area contributed by atoms with Gasteiger partial charge in [0.1, 0.15) is 5.15 Å². The van der Waals surface area contributed by atoms with Gasteiger partial charge in [-0.15, -0.1) is 0 Å². The summed E-state index contributed by atoms with van der Waals surface area (Å²) in [5, 5.41) is 4.92. The van der Waals surface area contributed by atoms with Gasteiger partial charge < -0.3 is 15.1 Å². The van der Waals surface area contributed by atoms with Crippen LogP contribution in [0.4, 0.5) is 5.13 Å². The van der Waals surface area contributed by atoms with Gasteiger partial charge >= 0.3 is 0 Å². The van der Waals surface area contributed by atoms with Crippen molar-refractivity contribution >= 4 is 34.0 Å². The Morgan fingerprint density at radius 2 is 2.12 bits per heavy atom. The lowest BCUT2D eigenvalue weighted by molar-refractivity contribution is 0.0736. The van der Waals surface area contributed by atoms with Gasteiger partial charge in [0.05, 0.1) is 17.8 Å². The van der Waals surface area contributed by atoms with Crippen molar-refractivity contribution in [3.05, 3.63) is 39.6 Å². The molecule has 0 aromatic carbocycles. The fraction of sp³-hybridized carbons (Fsp3) is 0.500. The Balaban J connectivity index is 1.38. The number of hydrogen-bond acceptors (Lipinski definition) is 6. The maximum atomic E-state index is 12.8. The third kappa shape index (κ3) is 2.69. The summed E-state index contributed by atoms with van der Waals surface area (Å²) in [6.07, 6.45) is 4.89. The molecule has 2 fully saturated rings. The molecule has 6 nitrogen and oxygen atoms in total. The number of thiazole rings is 1. The lowest BCUT2D eigenvalue weighted by atomic mass is 10.1. The highest BCUT2D eigenvalue weighted by molar-refractivity contribution is 7.15. The fourth-order valence-corrected chi connectivity index (χ4v) is 5.74. The second kappa shape index (κ2) is 6.48. The summed E-state index contributed by atoms with van der Waals surface area (Å²) in [4.78, 5) is 27.4. The first kappa shape index (κ1) is 16.5. The van der Waals surface area contributed by atoms with Crippen molar-refractivity contribution in [1.82, 2.24) is 20.2 Å². The number of nitrogens with zero attached hydrogens (tertiary/aromatic N) is 4. The normalized spacial score (nSPS) is 24.7. The van der Waals surface area contributed by atoms with Gasteiger partial charge in [-0.1, -0.05) is 22.9 Å². The number of carbonyl (C=O) groups is 1. The summed E-state index contributed by atoms with van der Waals surface area (Å²) in [6, 6.07) is 4.62. The molecule has 2 aromatic rings. The lowest BCUT2D eigenvalue weighted by Crippen LogP contribution is -2.51. The third-order valence-corrected chi connectivity index (χ3v) is 6.99.